The molecule has 0 saturated carbocycles. The Hall–Kier alpha value is -2.09. The first-order valence-electron chi connectivity index (χ1n) is 9.66. The zero-order chi connectivity index (χ0) is 22.5. The van der Waals surface area contributed by atoms with Crippen LogP contribution in [0.5, 0.6) is 0 Å². The van der Waals surface area contributed by atoms with Crippen LogP contribution in [-0.4, -0.2) is 27.1 Å². The second-order valence-electron chi connectivity index (χ2n) is 9.10. The third-order valence-electron chi connectivity index (χ3n) is 5.88. The number of nitrogens with one attached hydrogen (secondary N) is 1. The SMILES string of the molecule is CC(C)(C)[Si](C)(C)n1c(=O)c(-c2ccccc2)c(NS(C)(=O)=O)c2ccc(Cl)cc21. The monoisotopic (exact) mass is 462 g/mol. The molecular formula is C22H27ClN2O3SSi. The van der Waals surface area contributed by atoms with Gasteiger partial charge in [0.25, 0.3) is 5.56 Å². The second kappa shape index (κ2) is 7.55. The van der Waals surface area contributed by atoms with Crippen LogP contribution in [0.15, 0.2) is 53.3 Å². The lowest BCUT2D eigenvalue weighted by Crippen LogP contribution is -2.51. The van der Waals surface area contributed by atoms with Gasteiger partial charge < -0.3 is 4.23 Å². The molecule has 1 N–H and O–H groups in total. The zero-order valence-electron chi connectivity index (χ0n) is 18.1. The number of rotatable bonds is 4. The molecule has 0 fully saturated rings. The van der Waals surface area contributed by atoms with Crippen LogP contribution in [0.3, 0.4) is 0 Å². The number of hydrogen-bond donors (Lipinski definition) is 1. The number of anilines is 1. The minimum Gasteiger partial charge on any atom is -0.335 e. The van der Waals surface area contributed by atoms with Gasteiger partial charge in [-0.05, 0) is 28.8 Å². The lowest BCUT2D eigenvalue weighted by Gasteiger charge is -2.39. The number of sulfonamides is 1. The Labute approximate surface area is 183 Å². The minimum absolute atomic E-state index is 0.133. The molecule has 3 aromatic rings. The van der Waals surface area contributed by atoms with Crippen LogP contribution in [0, 0.1) is 0 Å². The van der Waals surface area contributed by atoms with E-state index in [9.17, 15) is 13.2 Å². The van der Waals surface area contributed by atoms with Gasteiger partial charge in [0.2, 0.25) is 10.0 Å². The van der Waals surface area contributed by atoms with Crippen LogP contribution >= 0.6 is 11.6 Å². The lowest BCUT2D eigenvalue weighted by atomic mass is 10.0. The maximum absolute atomic E-state index is 14.0. The van der Waals surface area contributed by atoms with E-state index < -0.39 is 18.3 Å². The Balaban J connectivity index is 2.62. The van der Waals surface area contributed by atoms with Crippen molar-refractivity contribution in [2.75, 3.05) is 11.0 Å². The molecule has 0 spiro atoms. The summed E-state index contributed by atoms with van der Waals surface area (Å²) in [4.78, 5) is 14.0. The number of benzene rings is 2. The van der Waals surface area contributed by atoms with Gasteiger partial charge in [-0.1, -0.05) is 75.8 Å². The first kappa shape index (κ1) is 22.6. The van der Waals surface area contributed by atoms with Crippen LogP contribution < -0.4 is 10.3 Å². The summed E-state index contributed by atoms with van der Waals surface area (Å²) in [5, 5.41) is 1.01. The van der Waals surface area contributed by atoms with Gasteiger partial charge in [0.15, 0.2) is 8.24 Å². The summed E-state index contributed by atoms with van der Waals surface area (Å²) in [6, 6.07) is 14.4. The van der Waals surface area contributed by atoms with Gasteiger partial charge in [-0.25, -0.2) is 8.42 Å². The topological polar surface area (TPSA) is 68.2 Å². The van der Waals surface area contributed by atoms with E-state index in [-0.39, 0.29) is 16.3 Å². The fourth-order valence-electron chi connectivity index (χ4n) is 3.42. The van der Waals surface area contributed by atoms with Crippen LogP contribution in [0.25, 0.3) is 22.0 Å². The highest BCUT2D eigenvalue weighted by molar-refractivity contribution is 7.92. The van der Waals surface area contributed by atoms with Gasteiger partial charge in [0.1, 0.15) is 0 Å². The number of aromatic nitrogens is 1. The predicted molar refractivity (Wildman–Crippen MR) is 130 cm³/mol. The van der Waals surface area contributed by atoms with Gasteiger partial charge >= 0.3 is 0 Å². The Kier molecular flexibility index (Phi) is 5.68. The Morgan fingerprint density at radius 3 is 2.17 bits per heavy atom. The van der Waals surface area contributed by atoms with Gasteiger partial charge in [-0.2, -0.15) is 0 Å². The highest BCUT2D eigenvalue weighted by atomic mass is 35.5. The van der Waals surface area contributed by atoms with E-state index in [4.69, 9.17) is 11.6 Å². The fourth-order valence-corrected chi connectivity index (χ4v) is 6.25. The summed E-state index contributed by atoms with van der Waals surface area (Å²) in [6.45, 7) is 10.7. The van der Waals surface area contributed by atoms with E-state index in [2.05, 4.69) is 38.6 Å². The van der Waals surface area contributed by atoms with Crippen LogP contribution in [0.1, 0.15) is 20.8 Å². The molecule has 160 valence electrons. The van der Waals surface area contributed by atoms with E-state index in [1.54, 1.807) is 18.2 Å². The zero-order valence-corrected chi connectivity index (χ0v) is 20.6. The highest BCUT2D eigenvalue weighted by Crippen LogP contribution is 2.41. The predicted octanol–water partition coefficient (Wildman–Crippen LogP) is 5.55. The maximum atomic E-state index is 14.0. The molecule has 0 aliphatic rings. The van der Waals surface area contributed by atoms with Crippen molar-refractivity contribution >= 4 is 46.5 Å². The number of fused-ring (bicyclic) bond motifs is 1. The molecule has 1 heterocycles. The molecule has 1 aromatic heterocycles. The minimum atomic E-state index is -3.62. The van der Waals surface area contributed by atoms with Crippen LogP contribution in [0.2, 0.25) is 23.2 Å². The van der Waals surface area contributed by atoms with E-state index in [0.29, 0.717) is 27.1 Å². The highest BCUT2D eigenvalue weighted by Gasteiger charge is 2.40. The molecule has 0 aliphatic carbocycles. The summed E-state index contributed by atoms with van der Waals surface area (Å²) < 4.78 is 28.9. The quantitative estimate of drug-likeness (QED) is 0.517. The number of pyridine rings is 1. The summed E-state index contributed by atoms with van der Waals surface area (Å²) in [7, 11) is -6.01. The molecule has 8 heteroatoms. The van der Waals surface area contributed by atoms with Crippen molar-refractivity contribution in [2.24, 2.45) is 0 Å². The number of hydrogen-bond acceptors (Lipinski definition) is 3. The molecule has 0 unspecified atom stereocenters. The van der Waals surface area contributed by atoms with Crippen molar-refractivity contribution in [3.05, 3.63) is 63.9 Å². The molecule has 0 amide bonds. The molecular weight excluding hydrogens is 436 g/mol. The summed E-state index contributed by atoms with van der Waals surface area (Å²) >= 11 is 6.31. The molecule has 0 atom stereocenters. The van der Waals surface area contributed by atoms with Crippen molar-refractivity contribution in [1.29, 1.82) is 0 Å². The van der Waals surface area contributed by atoms with E-state index in [1.807, 2.05) is 34.6 Å². The summed E-state index contributed by atoms with van der Waals surface area (Å²) in [6.07, 6.45) is 1.09. The Bertz CT molecular complexity index is 1280. The molecule has 0 aliphatic heterocycles. The van der Waals surface area contributed by atoms with E-state index >= 15 is 0 Å². The van der Waals surface area contributed by atoms with Crippen molar-refractivity contribution < 1.29 is 8.42 Å². The maximum Gasteiger partial charge on any atom is 0.253 e. The molecule has 5 nitrogen and oxygen atoms in total. The van der Waals surface area contributed by atoms with Gasteiger partial charge in [0.05, 0.1) is 17.5 Å². The van der Waals surface area contributed by atoms with Crippen LogP contribution in [0.4, 0.5) is 5.69 Å². The van der Waals surface area contributed by atoms with E-state index in [0.717, 1.165) is 6.26 Å². The molecule has 30 heavy (non-hydrogen) atoms. The Morgan fingerprint density at radius 1 is 1.03 bits per heavy atom. The van der Waals surface area contributed by atoms with Gasteiger partial charge in [-0.3, -0.25) is 9.52 Å². The average Bonchev–Trinajstić information content (AvgIpc) is 2.60. The molecule has 0 bridgehead atoms. The number of halogens is 1. The van der Waals surface area contributed by atoms with Crippen molar-refractivity contribution in [1.82, 2.24) is 4.23 Å². The molecule has 3 rings (SSSR count). The first-order valence-corrected chi connectivity index (χ1v) is 14.9. The normalized spacial score (nSPS) is 12.9. The largest absolute Gasteiger partial charge is 0.335 e. The summed E-state index contributed by atoms with van der Waals surface area (Å²) in [5.41, 5.74) is 1.73. The molecule has 2 aromatic carbocycles. The Morgan fingerprint density at radius 2 is 1.63 bits per heavy atom. The lowest BCUT2D eigenvalue weighted by molar-refractivity contribution is 0.607. The van der Waals surface area contributed by atoms with Crippen LogP contribution in [-0.2, 0) is 10.0 Å². The van der Waals surface area contributed by atoms with Gasteiger partial charge in [0, 0.05) is 15.9 Å². The van der Waals surface area contributed by atoms with E-state index in [1.165, 1.54) is 0 Å². The molecule has 0 radical (unpaired) electrons. The van der Waals surface area contributed by atoms with Crippen molar-refractivity contribution in [3.8, 4) is 11.1 Å². The average molecular weight is 463 g/mol. The smallest absolute Gasteiger partial charge is 0.253 e. The number of nitrogens with zero attached hydrogens (tertiary/aromatic N) is 1. The third-order valence-corrected chi connectivity index (χ3v) is 11.9. The molecule has 0 saturated heterocycles. The third kappa shape index (κ3) is 4.06. The van der Waals surface area contributed by atoms with Crippen molar-refractivity contribution in [2.45, 2.75) is 38.9 Å². The summed E-state index contributed by atoms with van der Waals surface area (Å²) in [5.74, 6) is 0. The fraction of sp³-hybridized carbons (Fsp3) is 0.318. The second-order valence-corrected chi connectivity index (χ2v) is 16.4. The van der Waals surface area contributed by atoms with Crippen molar-refractivity contribution in [3.63, 3.8) is 0 Å². The standard InChI is InChI=1S/C22H27ClN2O3SSi/c1-22(2,3)30(5,6)25-18-14-16(23)12-13-17(18)20(24-29(4,27)28)19(21(25)26)15-10-8-7-9-11-15/h7-14,24H,1-6H3. The first-order chi connectivity index (χ1) is 13.7. The van der Waals surface area contributed by atoms with Gasteiger partial charge in [-0.15, -0.1) is 0 Å².